The largest absolute Gasteiger partial charge is 0.493 e. The van der Waals surface area contributed by atoms with Crippen molar-refractivity contribution in [3.63, 3.8) is 0 Å². The number of carbonyl (C=O) groups excluding carboxylic acids is 2. The number of amides is 1. The predicted octanol–water partition coefficient (Wildman–Crippen LogP) is 4.70. The van der Waals surface area contributed by atoms with Crippen molar-refractivity contribution in [2.45, 2.75) is 6.92 Å². The third-order valence-corrected chi connectivity index (χ3v) is 6.19. The normalized spacial score (nSPS) is 10.5. The number of carbonyl (C=O) groups is 2. The molecule has 0 bridgehead atoms. The molecule has 4 rings (SSSR count). The van der Waals surface area contributed by atoms with Gasteiger partial charge in [0.25, 0.3) is 5.91 Å². The molecule has 12 nitrogen and oxygen atoms in total. The van der Waals surface area contributed by atoms with Gasteiger partial charge in [-0.2, -0.15) is 5.10 Å². The minimum absolute atomic E-state index is 0.194. The Kier molecular flexibility index (Phi) is 9.05. The monoisotopic (exact) mass is 577 g/mol. The molecule has 0 radical (unpaired) electrons. The standard InChI is InChI=1S/C30H31N3O9/c1-17-12-26(42-30(35)19-15-24(38-4)28(41-7)25(16-19)39-5)33(32-17)21-10-8-20(9-11-21)31-29(34)18-13-22(36-2)27(40-6)23(14-18)37-3/h8-16H,1-7H3,(H,31,34). The van der Waals surface area contributed by atoms with E-state index in [2.05, 4.69) is 10.4 Å². The van der Waals surface area contributed by atoms with Gasteiger partial charge in [-0.1, -0.05) is 0 Å². The number of methoxy groups -OCH3 is 6. The molecule has 1 heterocycles. The molecular formula is C30H31N3O9. The second-order valence-corrected chi connectivity index (χ2v) is 8.75. The molecule has 12 heteroatoms. The van der Waals surface area contributed by atoms with E-state index in [9.17, 15) is 9.59 Å². The average Bonchev–Trinajstić information content (AvgIpc) is 3.38. The van der Waals surface area contributed by atoms with Gasteiger partial charge in [0.05, 0.1) is 59.6 Å². The highest BCUT2D eigenvalue weighted by atomic mass is 16.6. The van der Waals surface area contributed by atoms with Crippen molar-refractivity contribution in [3.05, 3.63) is 71.4 Å². The fraction of sp³-hybridized carbons (Fsp3) is 0.233. The summed E-state index contributed by atoms with van der Waals surface area (Å²) in [4.78, 5) is 26.1. The first kappa shape index (κ1) is 29.6. The second-order valence-electron chi connectivity index (χ2n) is 8.75. The van der Waals surface area contributed by atoms with Crippen molar-refractivity contribution in [3.8, 4) is 46.1 Å². The van der Waals surface area contributed by atoms with Crippen molar-refractivity contribution in [2.75, 3.05) is 48.0 Å². The van der Waals surface area contributed by atoms with Crippen LogP contribution >= 0.6 is 0 Å². The Morgan fingerprint density at radius 1 is 0.667 bits per heavy atom. The maximum Gasteiger partial charge on any atom is 0.345 e. The Labute approximate surface area is 242 Å². The van der Waals surface area contributed by atoms with Gasteiger partial charge in [0.15, 0.2) is 23.0 Å². The smallest absolute Gasteiger partial charge is 0.345 e. The lowest BCUT2D eigenvalue weighted by Crippen LogP contribution is -2.13. The van der Waals surface area contributed by atoms with Crippen LogP contribution in [0.1, 0.15) is 26.4 Å². The Morgan fingerprint density at radius 3 is 1.60 bits per heavy atom. The number of hydrogen-bond donors (Lipinski definition) is 1. The summed E-state index contributed by atoms with van der Waals surface area (Å²) >= 11 is 0. The molecule has 4 aromatic rings. The van der Waals surface area contributed by atoms with Crippen LogP contribution in [0.15, 0.2) is 54.6 Å². The molecule has 3 aromatic carbocycles. The summed E-state index contributed by atoms with van der Waals surface area (Å²) in [5.41, 5.74) is 2.26. The van der Waals surface area contributed by atoms with E-state index < -0.39 is 5.97 Å². The van der Waals surface area contributed by atoms with Crippen LogP contribution in [0.3, 0.4) is 0 Å². The van der Waals surface area contributed by atoms with E-state index in [-0.39, 0.29) is 17.4 Å². The summed E-state index contributed by atoms with van der Waals surface area (Å²) in [6.45, 7) is 1.78. The first-order valence-electron chi connectivity index (χ1n) is 12.6. The number of rotatable bonds is 11. The molecule has 0 unspecified atom stereocenters. The molecule has 1 N–H and O–H groups in total. The molecule has 1 amide bonds. The number of anilines is 1. The molecule has 0 fully saturated rings. The van der Waals surface area contributed by atoms with E-state index in [1.165, 1.54) is 59.5 Å². The zero-order valence-electron chi connectivity index (χ0n) is 24.3. The first-order valence-corrected chi connectivity index (χ1v) is 12.6. The maximum absolute atomic E-state index is 13.1. The first-order chi connectivity index (χ1) is 20.3. The van der Waals surface area contributed by atoms with E-state index in [1.54, 1.807) is 49.4 Å². The van der Waals surface area contributed by atoms with E-state index in [0.717, 1.165) is 0 Å². The summed E-state index contributed by atoms with van der Waals surface area (Å²) in [6, 6.07) is 14.6. The average molecular weight is 578 g/mol. The zero-order valence-corrected chi connectivity index (χ0v) is 24.3. The van der Waals surface area contributed by atoms with Crippen molar-refractivity contribution in [1.82, 2.24) is 9.78 Å². The molecule has 0 aliphatic heterocycles. The van der Waals surface area contributed by atoms with Crippen molar-refractivity contribution in [2.24, 2.45) is 0 Å². The van der Waals surface area contributed by atoms with Gasteiger partial charge in [-0.3, -0.25) is 4.79 Å². The number of ether oxygens (including phenoxy) is 7. The molecular weight excluding hydrogens is 546 g/mol. The second kappa shape index (κ2) is 12.9. The molecule has 1 aromatic heterocycles. The SMILES string of the molecule is COc1cc(C(=O)Nc2ccc(-n3nc(C)cc3OC(=O)c3cc(OC)c(OC)c(OC)c3)cc2)cc(OC)c1OC. The van der Waals surface area contributed by atoms with Gasteiger partial charge < -0.3 is 38.5 Å². The molecule has 0 saturated heterocycles. The van der Waals surface area contributed by atoms with Gasteiger partial charge in [0.1, 0.15) is 0 Å². The Hall–Kier alpha value is -5.39. The lowest BCUT2D eigenvalue weighted by molar-refractivity contribution is 0.0722. The number of aromatic nitrogens is 2. The summed E-state index contributed by atoms with van der Waals surface area (Å²) in [7, 11) is 8.84. The van der Waals surface area contributed by atoms with Gasteiger partial charge in [0.2, 0.25) is 17.4 Å². The molecule has 0 saturated carbocycles. The highest BCUT2D eigenvalue weighted by molar-refractivity contribution is 6.05. The van der Waals surface area contributed by atoms with Crippen LogP contribution in [0, 0.1) is 6.92 Å². The third-order valence-electron chi connectivity index (χ3n) is 6.19. The molecule has 0 aliphatic rings. The summed E-state index contributed by atoms with van der Waals surface area (Å²) in [5.74, 6) is 1.27. The zero-order chi connectivity index (χ0) is 30.4. The number of aryl methyl sites for hydroxylation is 1. The maximum atomic E-state index is 13.1. The Balaban J connectivity index is 1.55. The van der Waals surface area contributed by atoms with E-state index in [0.29, 0.717) is 57.1 Å². The third kappa shape index (κ3) is 6.02. The molecule has 220 valence electrons. The van der Waals surface area contributed by atoms with Gasteiger partial charge in [-0.25, -0.2) is 9.48 Å². The lowest BCUT2D eigenvalue weighted by atomic mass is 10.1. The Morgan fingerprint density at radius 2 is 1.14 bits per heavy atom. The number of esters is 1. The fourth-order valence-electron chi connectivity index (χ4n) is 4.19. The number of benzene rings is 3. The van der Waals surface area contributed by atoms with Gasteiger partial charge in [-0.15, -0.1) is 0 Å². The van der Waals surface area contributed by atoms with Crippen molar-refractivity contribution >= 4 is 17.6 Å². The summed E-state index contributed by atoms with van der Waals surface area (Å²) < 4.78 is 39.2. The topological polar surface area (TPSA) is 129 Å². The minimum atomic E-state index is -0.648. The van der Waals surface area contributed by atoms with Gasteiger partial charge >= 0.3 is 5.97 Å². The van der Waals surface area contributed by atoms with Crippen molar-refractivity contribution < 1.29 is 42.7 Å². The molecule has 0 atom stereocenters. The van der Waals surface area contributed by atoms with Crippen LogP contribution in [-0.4, -0.2) is 64.3 Å². The van der Waals surface area contributed by atoms with Crippen LogP contribution in [0.4, 0.5) is 5.69 Å². The predicted molar refractivity (Wildman–Crippen MR) is 153 cm³/mol. The van der Waals surface area contributed by atoms with Crippen LogP contribution in [0.25, 0.3) is 5.69 Å². The lowest BCUT2D eigenvalue weighted by Gasteiger charge is -2.14. The van der Waals surface area contributed by atoms with Crippen LogP contribution < -0.4 is 38.5 Å². The summed E-state index contributed by atoms with van der Waals surface area (Å²) in [5, 5.41) is 7.30. The Bertz CT molecular complexity index is 1550. The molecule has 0 spiro atoms. The van der Waals surface area contributed by atoms with Gasteiger partial charge in [-0.05, 0) is 55.5 Å². The van der Waals surface area contributed by atoms with Crippen molar-refractivity contribution in [1.29, 1.82) is 0 Å². The van der Waals surface area contributed by atoms with E-state index in [1.807, 2.05) is 0 Å². The number of hydrogen-bond acceptors (Lipinski definition) is 10. The highest BCUT2D eigenvalue weighted by Gasteiger charge is 2.21. The van der Waals surface area contributed by atoms with E-state index >= 15 is 0 Å². The minimum Gasteiger partial charge on any atom is -0.493 e. The fourth-order valence-corrected chi connectivity index (χ4v) is 4.19. The summed E-state index contributed by atoms with van der Waals surface area (Å²) in [6.07, 6.45) is 0. The van der Waals surface area contributed by atoms with Crippen LogP contribution in [0.2, 0.25) is 0 Å². The number of nitrogens with one attached hydrogen (secondary N) is 1. The van der Waals surface area contributed by atoms with Crippen LogP contribution in [0.5, 0.6) is 40.4 Å². The quantitative estimate of drug-likeness (QED) is 0.250. The molecule has 42 heavy (non-hydrogen) atoms. The molecule has 0 aliphatic carbocycles. The highest BCUT2D eigenvalue weighted by Crippen LogP contribution is 2.39. The van der Waals surface area contributed by atoms with Gasteiger partial charge in [0, 0.05) is 17.3 Å². The van der Waals surface area contributed by atoms with Crippen LogP contribution in [-0.2, 0) is 0 Å². The van der Waals surface area contributed by atoms with E-state index in [4.69, 9.17) is 33.2 Å². The number of nitrogens with zero attached hydrogens (tertiary/aromatic N) is 2.